The van der Waals surface area contributed by atoms with Gasteiger partial charge in [-0.05, 0) is 46.4 Å². The van der Waals surface area contributed by atoms with Crippen molar-refractivity contribution in [2.75, 3.05) is 0 Å². The van der Waals surface area contributed by atoms with Crippen molar-refractivity contribution in [2.24, 2.45) is 0 Å². The fourth-order valence-electron chi connectivity index (χ4n) is 1.66. The van der Waals surface area contributed by atoms with Gasteiger partial charge < -0.3 is 4.74 Å². The van der Waals surface area contributed by atoms with E-state index in [9.17, 15) is 18.0 Å². The van der Waals surface area contributed by atoms with Gasteiger partial charge in [0.15, 0.2) is 0 Å². The van der Waals surface area contributed by atoms with E-state index in [2.05, 4.69) is 0 Å². The summed E-state index contributed by atoms with van der Waals surface area (Å²) in [7, 11) is 0. The van der Waals surface area contributed by atoms with Crippen LogP contribution in [0.15, 0.2) is 48.5 Å². The molecule has 0 bridgehead atoms. The first-order chi connectivity index (χ1) is 9.88. The number of benzene rings is 2. The van der Waals surface area contributed by atoms with E-state index in [0.29, 0.717) is 3.57 Å². The Balaban J connectivity index is 2.15. The molecule has 6 heteroatoms. The molecule has 0 fully saturated rings. The Labute approximate surface area is 133 Å². The molecular weight excluding hydrogens is 396 g/mol. The molecule has 0 amide bonds. The lowest BCUT2D eigenvalue weighted by Gasteiger charge is -2.10. The molecule has 2 aromatic rings. The van der Waals surface area contributed by atoms with Crippen LogP contribution in [-0.4, -0.2) is 5.97 Å². The normalized spacial score (nSPS) is 11.2. The minimum Gasteiger partial charge on any atom is -0.457 e. The number of hydrogen-bond acceptors (Lipinski definition) is 2. The van der Waals surface area contributed by atoms with Crippen LogP contribution in [0.1, 0.15) is 21.5 Å². The Morgan fingerprint density at radius 3 is 2.38 bits per heavy atom. The molecule has 0 saturated heterocycles. The average molecular weight is 406 g/mol. The van der Waals surface area contributed by atoms with Crippen LogP contribution in [0.3, 0.4) is 0 Å². The van der Waals surface area contributed by atoms with Crippen LogP contribution >= 0.6 is 22.6 Å². The van der Waals surface area contributed by atoms with Gasteiger partial charge in [0.25, 0.3) is 0 Å². The highest BCUT2D eigenvalue weighted by molar-refractivity contribution is 14.1. The molecule has 0 aliphatic carbocycles. The van der Waals surface area contributed by atoms with E-state index in [-0.39, 0.29) is 12.2 Å². The van der Waals surface area contributed by atoms with E-state index >= 15 is 0 Å². The van der Waals surface area contributed by atoms with Crippen molar-refractivity contribution in [1.29, 1.82) is 0 Å². The monoisotopic (exact) mass is 406 g/mol. The zero-order chi connectivity index (χ0) is 15.5. The number of alkyl halides is 3. The van der Waals surface area contributed by atoms with Gasteiger partial charge in [-0.25, -0.2) is 4.79 Å². The van der Waals surface area contributed by atoms with Crippen LogP contribution in [-0.2, 0) is 17.5 Å². The topological polar surface area (TPSA) is 26.3 Å². The van der Waals surface area contributed by atoms with Gasteiger partial charge in [0.05, 0.1) is 11.1 Å². The van der Waals surface area contributed by atoms with Gasteiger partial charge in [-0.15, -0.1) is 0 Å². The third-order valence-electron chi connectivity index (χ3n) is 2.73. The van der Waals surface area contributed by atoms with Crippen LogP contribution < -0.4 is 0 Å². The molecule has 0 heterocycles. The van der Waals surface area contributed by atoms with Crippen molar-refractivity contribution in [3.63, 3.8) is 0 Å². The van der Waals surface area contributed by atoms with Crippen molar-refractivity contribution in [1.82, 2.24) is 0 Å². The number of ether oxygens (including phenoxy) is 1. The first-order valence-corrected chi connectivity index (χ1v) is 7.03. The summed E-state index contributed by atoms with van der Waals surface area (Å²) in [6.45, 7) is 0.0198. The van der Waals surface area contributed by atoms with Crippen molar-refractivity contribution in [2.45, 2.75) is 12.8 Å². The standard InChI is InChI=1S/C15H10F3IO2/c16-15(17,18)11-6-7-13(19)12(8-11)14(20)21-9-10-4-2-1-3-5-10/h1-8H,9H2. The van der Waals surface area contributed by atoms with Crippen LogP contribution in [0.25, 0.3) is 0 Å². The maximum absolute atomic E-state index is 12.7. The lowest BCUT2D eigenvalue weighted by molar-refractivity contribution is -0.137. The fraction of sp³-hybridized carbons (Fsp3) is 0.133. The third-order valence-corrected chi connectivity index (χ3v) is 3.67. The number of rotatable bonds is 3. The summed E-state index contributed by atoms with van der Waals surface area (Å²) in [4.78, 5) is 11.9. The maximum Gasteiger partial charge on any atom is 0.416 e. The van der Waals surface area contributed by atoms with E-state index in [1.165, 1.54) is 6.07 Å². The van der Waals surface area contributed by atoms with Crippen LogP contribution in [0.2, 0.25) is 0 Å². The van der Waals surface area contributed by atoms with Gasteiger partial charge in [-0.2, -0.15) is 13.2 Å². The summed E-state index contributed by atoms with van der Waals surface area (Å²) in [5.41, 5.74) is -0.177. The van der Waals surface area contributed by atoms with Crippen molar-refractivity contribution < 1.29 is 22.7 Å². The Kier molecular flexibility index (Phi) is 4.87. The van der Waals surface area contributed by atoms with Gasteiger partial charge in [0, 0.05) is 3.57 Å². The summed E-state index contributed by atoms with van der Waals surface area (Å²) in [5.74, 6) is -0.769. The molecule has 0 N–H and O–H groups in total. The molecule has 0 unspecified atom stereocenters. The molecule has 0 radical (unpaired) electrons. The SMILES string of the molecule is O=C(OCc1ccccc1)c1cc(C(F)(F)F)ccc1I. The smallest absolute Gasteiger partial charge is 0.416 e. The number of halogens is 4. The summed E-state index contributed by atoms with van der Waals surface area (Å²) < 4.78 is 43.4. The van der Waals surface area contributed by atoms with Gasteiger partial charge in [-0.3, -0.25) is 0 Å². The number of carbonyl (C=O) groups is 1. The van der Waals surface area contributed by atoms with E-state index in [1.54, 1.807) is 46.9 Å². The highest BCUT2D eigenvalue weighted by atomic mass is 127. The van der Waals surface area contributed by atoms with Gasteiger partial charge in [0.2, 0.25) is 0 Å². The maximum atomic E-state index is 12.7. The zero-order valence-electron chi connectivity index (χ0n) is 10.7. The molecule has 2 aromatic carbocycles. The number of hydrogen-bond donors (Lipinski definition) is 0. The molecule has 0 spiro atoms. The van der Waals surface area contributed by atoms with Crippen molar-refractivity contribution in [3.8, 4) is 0 Å². The Bertz CT molecular complexity index is 639. The van der Waals surface area contributed by atoms with Crippen molar-refractivity contribution in [3.05, 3.63) is 68.8 Å². The molecule has 0 aliphatic heterocycles. The second kappa shape index (κ2) is 6.46. The Hall–Kier alpha value is -1.57. The minimum atomic E-state index is -4.49. The lowest BCUT2D eigenvalue weighted by Crippen LogP contribution is -2.11. The van der Waals surface area contributed by atoms with Gasteiger partial charge in [-0.1, -0.05) is 30.3 Å². The number of esters is 1. The van der Waals surface area contributed by atoms with E-state index in [4.69, 9.17) is 4.74 Å². The molecule has 110 valence electrons. The second-order valence-corrected chi connectivity index (χ2v) is 5.42. The Morgan fingerprint density at radius 2 is 1.76 bits per heavy atom. The van der Waals surface area contributed by atoms with Crippen molar-refractivity contribution >= 4 is 28.6 Å². The second-order valence-electron chi connectivity index (χ2n) is 4.25. The molecule has 2 nitrogen and oxygen atoms in total. The van der Waals surface area contributed by atoms with E-state index < -0.39 is 17.7 Å². The lowest BCUT2D eigenvalue weighted by atomic mass is 10.1. The first kappa shape index (κ1) is 15.8. The van der Waals surface area contributed by atoms with E-state index in [0.717, 1.165) is 17.7 Å². The summed E-state index contributed by atoms with van der Waals surface area (Å²) in [6.07, 6.45) is -4.49. The fourth-order valence-corrected chi connectivity index (χ4v) is 2.21. The van der Waals surface area contributed by atoms with Gasteiger partial charge >= 0.3 is 12.1 Å². The zero-order valence-corrected chi connectivity index (χ0v) is 12.8. The summed E-state index contributed by atoms with van der Waals surface area (Å²) in [6, 6.07) is 11.9. The number of carbonyl (C=O) groups excluding carboxylic acids is 1. The first-order valence-electron chi connectivity index (χ1n) is 5.96. The molecule has 2 rings (SSSR count). The molecule has 0 aromatic heterocycles. The molecule has 21 heavy (non-hydrogen) atoms. The quantitative estimate of drug-likeness (QED) is 0.547. The van der Waals surface area contributed by atoms with Crippen LogP contribution in [0.4, 0.5) is 13.2 Å². The van der Waals surface area contributed by atoms with Crippen LogP contribution in [0.5, 0.6) is 0 Å². The molecule has 0 aliphatic rings. The summed E-state index contributed by atoms with van der Waals surface area (Å²) in [5, 5.41) is 0. The highest BCUT2D eigenvalue weighted by Crippen LogP contribution is 2.31. The van der Waals surface area contributed by atoms with E-state index in [1.807, 2.05) is 6.07 Å². The highest BCUT2D eigenvalue weighted by Gasteiger charge is 2.31. The molecule has 0 saturated carbocycles. The minimum absolute atomic E-state index is 0.0198. The predicted octanol–water partition coefficient (Wildman–Crippen LogP) is 4.67. The average Bonchev–Trinajstić information content (AvgIpc) is 2.45. The summed E-state index contributed by atoms with van der Waals surface area (Å²) >= 11 is 1.81. The predicted molar refractivity (Wildman–Crippen MR) is 79.7 cm³/mol. The molecule has 0 atom stereocenters. The largest absolute Gasteiger partial charge is 0.457 e. The molecular formula is C15H10F3IO2. The van der Waals surface area contributed by atoms with Crippen LogP contribution in [0, 0.1) is 3.57 Å². The third kappa shape index (κ3) is 4.20. The Morgan fingerprint density at radius 1 is 1.10 bits per heavy atom. The van der Waals surface area contributed by atoms with Gasteiger partial charge in [0.1, 0.15) is 6.61 Å².